The highest BCUT2D eigenvalue weighted by Crippen LogP contribution is 2.20. The van der Waals surface area contributed by atoms with Gasteiger partial charge in [-0.2, -0.15) is 4.31 Å². The van der Waals surface area contributed by atoms with Gasteiger partial charge in [0.25, 0.3) is 0 Å². The Morgan fingerprint density at radius 3 is 2.44 bits per heavy atom. The molecule has 27 heavy (non-hydrogen) atoms. The Bertz CT molecular complexity index is 888. The molecule has 0 aliphatic carbocycles. The van der Waals surface area contributed by atoms with Gasteiger partial charge in [-0.3, -0.25) is 4.79 Å². The van der Waals surface area contributed by atoms with Gasteiger partial charge in [0.2, 0.25) is 15.9 Å². The van der Waals surface area contributed by atoms with E-state index in [1.54, 1.807) is 35.5 Å². The van der Waals surface area contributed by atoms with Crippen LogP contribution in [0.25, 0.3) is 0 Å². The standard InChI is InChI=1S/C17H23N5O3S2/c1-3-20-13-18-19-17(20)26-12-16(23)21-8-10-22(11-9-21)27(24,25)15-6-4-14(2)5-7-15/h4-7,13H,3,8-12H2,1-2H3. The van der Waals surface area contributed by atoms with Crippen molar-refractivity contribution in [3.05, 3.63) is 36.2 Å². The monoisotopic (exact) mass is 409 g/mol. The molecule has 0 unspecified atom stereocenters. The summed E-state index contributed by atoms with van der Waals surface area (Å²) in [5, 5.41) is 8.57. The van der Waals surface area contributed by atoms with Crippen LogP contribution in [0.1, 0.15) is 12.5 Å². The molecule has 8 nitrogen and oxygen atoms in total. The number of carbonyl (C=O) groups is 1. The van der Waals surface area contributed by atoms with Crippen molar-refractivity contribution in [2.45, 2.75) is 30.4 Å². The largest absolute Gasteiger partial charge is 0.339 e. The molecule has 1 fully saturated rings. The van der Waals surface area contributed by atoms with Crippen molar-refractivity contribution in [1.29, 1.82) is 0 Å². The third kappa shape index (κ3) is 4.50. The maximum absolute atomic E-state index is 12.7. The lowest BCUT2D eigenvalue weighted by Crippen LogP contribution is -2.50. The minimum absolute atomic E-state index is 0.0157. The summed E-state index contributed by atoms with van der Waals surface area (Å²) >= 11 is 1.35. The first-order valence-corrected chi connectivity index (χ1v) is 11.2. The quantitative estimate of drug-likeness (QED) is 0.667. The number of rotatable bonds is 6. The molecule has 0 saturated carbocycles. The van der Waals surface area contributed by atoms with E-state index in [0.29, 0.717) is 36.2 Å². The summed E-state index contributed by atoms with van der Waals surface area (Å²) < 4.78 is 28.8. The number of thioether (sulfide) groups is 1. The molecule has 0 N–H and O–H groups in total. The SMILES string of the molecule is CCn1cnnc1SCC(=O)N1CCN(S(=O)(=O)c2ccc(C)cc2)CC1. The highest BCUT2D eigenvalue weighted by Gasteiger charge is 2.30. The topological polar surface area (TPSA) is 88.4 Å². The van der Waals surface area contributed by atoms with E-state index < -0.39 is 10.0 Å². The zero-order valence-electron chi connectivity index (χ0n) is 15.4. The molecule has 10 heteroatoms. The number of carbonyl (C=O) groups excluding carboxylic acids is 1. The van der Waals surface area contributed by atoms with Crippen molar-refractivity contribution in [2.75, 3.05) is 31.9 Å². The van der Waals surface area contributed by atoms with Crippen molar-refractivity contribution in [2.24, 2.45) is 0 Å². The van der Waals surface area contributed by atoms with E-state index in [-0.39, 0.29) is 11.7 Å². The van der Waals surface area contributed by atoms with E-state index in [1.165, 1.54) is 16.1 Å². The summed E-state index contributed by atoms with van der Waals surface area (Å²) in [6.45, 7) is 6.05. The summed E-state index contributed by atoms with van der Waals surface area (Å²) in [5.74, 6) is 0.252. The van der Waals surface area contributed by atoms with Gasteiger partial charge in [0.05, 0.1) is 10.6 Å². The molecule has 1 aromatic carbocycles. The van der Waals surface area contributed by atoms with E-state index in [9.17, 15) is 13.2 Å². The van der Waals surface area contributed by atoms with E-state index in [1.807, 2.05) is 18.4 Å². The fourth-order valence-corrected chi connectivity index (χ4v) is 5.13. The van der Waals surface area contributed by atoms with E-state index in [2.05, 4.69) is 10.2 Å². The van der Waals surface area contributed by atoms with Crippen LogP contribution in [0.3, 0.4) is 0 Å². The third-order valence-electron chi connectivity index (χ3n) is 4.50. The maximum Gasteiger partial charge on any atom is 0.243 e. The molecule has 0 bridgehead atoms. The van der Waals surface area contributed by atoms with Crippen LogP contribution < -0.4 is 0 Å². The normalized spacial score (nSPS) is 15.9. The van der Waals surface area contributed by atoms with Gasteiger partial charge < -0.3 is 9.47 Å². The number of piperazine rings is 1. The Balaban J connectivity index is 1.55. The zero-order valence-corrected chi connectivity index (χ0v) is 17.0. The Kier molecular flexibility index (Phi) is 6.18. The number of benzene rings is 1. The van der Waals surface area contributed by atoms with Gasteiger partial charge in [0.15, 0.2) is 5.16 Å². The summed E-state index contributed by atoms with van der Waals surface area (Å²) in [6, 6.07) is 6.84. The third-order valence-corrected chi connectivity index (χ3v) is 7.37. The first-order chi connectivity index (χ1) is 12.9. The number of hydrogen-bond donors (Lipinski definition) is 0. The summed E-state index contributed by atoms with van der Waals surface area (Å²) in [5.41, 5.74) is 1.01. The predicted octanol–water partition coefficient (Wildman–Crippen LogP) is 1.23. The second-order valence-corrected chi connectivity index (χ2v) is 9.17. The first kappa shape index (κ1) is 19.8. The molecule has 1 saturated heterocycles. The molecule has 146 valence electrons. The van der Waals surface area contributed by atoms with E-state index >= 15 is 0 Å². The molecular weight excluding hydrogens is 386 g/mol. The smallest absolute Gasteiger partial charge is 0.243 e. The lowest BCUT2D eigenvalue weighted by atomic mass is 10.2. The van der Waals surface area contributed by atoms with Crippen LogP contribution in [0.4, 0.5) is 0 Å². The van der Waals surface area contributed by atoms with Crippen LogP contribution in [0.5, 0.6) is 0 Å². The van der Waals surface area contributed by atoms with Crippen molar-refractivity contribution in [3.63, 3.8) is 0 Å². The zero-order chi connectivity index (χ0) is 19.4. The number of sulfonamides is 1. The van der Waals surface area contributed by atoms with Gasteiger partial charge in [0, 0.05) is 32.7 Å². The van der Waals surface area contributed by atoms with Crippen LogP contribution in [0, 0.1) is 6.92 Å². The Hall–Kier alpha value is -1.91. The number of aromatic nitrogens is 3. The average molecular weight is 410 g/mol. The highest BCUT2D eigenvalue weighted by atomic mass is 32.2. The lowest BCUT2D eigenvalue weighted by molar-refractivity contribution is -0.129. The molecule has 1 aliphatic rings. The summed E-state index contributed by atoms with van der Waals surface area (Å²) in [4.78, 5) is 14.4. The molecule has 0 radical (unpaired) electrons. The van der Waals surface area contributed by atoms with E-state index in [4.69, 9.17) is 0 Å². The van der Waals surface area contributed by atoms with Gasteiger partial charge in [-0.15, -0.1) is 10.2 Å². The second-order valence-electron chi connectivity index (χ2n) is 6.29. The fraction of sp³-hybridized carbons (Fsp3) is 0.471. The minimum atomic E-state index is -3.52. The lowest BCUT2D eigenvalue weighted by Gasteiger charge is -2.34. The summed E-state index contributed by atoms with van der Waals surface area (Å²) in [7, 11) is -3.52. The predicted molar refractivity (Wildman–Crippen MR) is 103 cm³/mol. The second kappa shape index (κ2) is 8.41. The van der Waals surface area contributed by atoms with Crippen LogP contribution in [-0.4, -0.2) is 70.2 Å². The molecule has 2 heterocycles. The number of aryl methyl sites for hydroxylation is 2. The fourth-order valence-electron chi connectivity index (χ4n) is 2.83. The Morgan fingerprint density at radius 1 is 1.15 bits per heavy atom. The van der Waals surface area contributed by atoms with Crippen LogP contribution >= 0.6 is 11.8 Å². The van der Waals surface area contributed by atoms with Crippen molar-refractivity contribution < 1.29 is 13.2 Å². The Morgan fingerprint density at radius 2 is 1.81 bits per heavy atom. The number of hydrogen-bond acceptors (Lipinski definition) is 6. The molecule has 3 rings (SSSR count). The van der Waals surface area contributed by atoms with Crippen LogP contribution in [0.15, 0.2) is 40.6 Å². The van der Waals surface area contributed by atoms with Gasteiger partial charge in [-0.05, 0) is 26.0 Å². The molecule has 0 spiro atoms. The number of amides is 1. The van der Waals surface area contributed by atoms with Crippen LogP contribution in [-0.2, 0) is 21.4 Å². The van der Waals surface area contributed by atoms with Gasteiger partial charge in [-0.1, -0.05) is 29.5 Å². The minimum Gasteiger partial charge on any atom is -0.339 e. The van der Waals surface area contributed by atoms with Crippen molar-refractivity contribution in [3.8, 4) is 0 Å². The van der Waals surface area contributed by atoms with Gasteiger partial charge >= 0.3 is 0 Å². The molecule has 1 amide bonds. The van der Waals surface area contributed by atoms with Crippen molar-refractivity contribution >= 4 is 27.7 Å². The van der Waals surface area contributed by atoms with Gasteiger partial charge in [-0.25, -0.2) is 8.42 Å². The molecule has 1 aromatic heterocycles. The highest BCUT2D eigenvalue weighted by molar-refractivity contribution is 7.99. The summed E-state index contributed by atoms with van der Waals surface area (Å²) in [6.07, 6.45) is 1.64. The van der Waals surface area contributed by atoms with Crippen LogP contribution in [0.2, 0.25) is 0 Å². The first-order valence-electron chi connectivity index (χ1n) is 8.77. The molecule has 1 aliphatic heterocycles. The number of nitrogens with zero attached hydrogens (tertiary/aromatic N) is 5. The maximum atomic E-state index is 12.7. The van der Waals surface area contributed by atoms with Gasteiger partial charge in [0.1, 0.15) is 6.33 Å². The van der Waals surface area contributed by atoms with Crippen molar-refractivity contribution in [1.82, 2.24) is 24.0 Å². The Labute approximate surface area is 163 Å². The molecule has 2 aromatic rings. The van der Waals surface area contributed by atoms with E-state index in [0.717, 1.165) is 12.1 Å². The average Bonchev–Trinajstić information content (AvgIpc) is 3.14. The molecular formula is C17H23N5O3S2. The molecule has 0 atom stereocenters.